The zero-order valence-corrected chi connectivity index (χ0v) is 17.0. The summed E-state index contributed by atoms with van der Waals surface area (Å²) in [5.74, 6) is 0.737. The molecule has 0 aliphatic heterocycles. The maximum atomic E-state index is 12.5. The molecular formula is C21H21ClN6O. The van der Waals surface area contributed by atoms with Gasteiger partial charge in [0.1, 0.15) is 5.82 Å². The molecule has 0 saturated carbocycles. The minimum absolute atomic E-state index is 0.233. The number of amides is 1. The van der Waals surface area contributed by atoms with Crippen molar-refractivity contribution in [1.82, 2.24) is 29.9 Å². The molecule has 1 amide bonds. The number of aryl methyl sites for hydroxylation is 3. The van der Waals surface area contributed by atoms with E-state index in [9.17, 15) is 4.79 Å². The van der Waals surface area contributed by atoms with Crippen LogP contribution in [0.4, 0.5) is 0 Å². The number of imidazole rings is 1. The summed E-state index contributed by atoms with van der Waals surface area (Å²) in [7, 11) is 0. The summed E-state index contributed by atoms with van der Waals surface area (Å²) in [6, 6.07) is 15.2. The van der Waals surface area contributed by atoms with Gasteiger partial charge in [-0.3, -0.25) is 4.79 Å². The van der Waals surface area contributed by atoms with Crippen molar-refractivity contribution < 1.29 is 4.79 Å². The smallest absolute Gasteiger partial charge is 0.273 e. The van der Waals surface area contributed by atoms with E-state index < -0.39 is 0 Å². The van der Waals surface area contributed by atoms with Crippen molar-refractivity contribution in [3.63, 3.8) is 0 Å². The first-order chi connectivity index (χ1) is 14.0. The lowest BCUT2D eigenvalue weighted by Crippen LogP contribution is -2.26. The molecule has 0 fully saturated rings. The Morgan fingerprint density at radius 1 is 1.10 bits per heavy atom. The topological polar surface area (TPSA) is 77.6 Å². The number of hydrogen-bond acceptors (Lipinski definition) is 4. The highest BCUT2D eigenvalue weighted by atomic mass is 35.5. The fraction of sp³-hybridized carbons (Fsp3) is 0.238. The van der Waals surface area contributed by atoms with Crippen molar-refractivity contribution in [3.8, 4) is 5.69 Å². The highest BCUT2D eigenvalue weighted by Crippen LogP contribution is 2.16. The van der Waals surface area contributed by atoms with Crippen molar-refractivity contribution in [1.29, 1.82) is 0 Å². The molecule has 0 spiro atoms. The molecule has 2 aromatic carbocycles. The normalized spacial score (nSPS) is 11.1. The lowest BCUT2D eigenvalue weighted by Gasteiger charge is -2.07. The van der Waals surface area contributed by atoms with Crippen molar-refractivity contribution in [2.24, 2.45) is 0 Å². The van der Waals surface area contributed by atoms with E-state index >= 15 is 0 Å². The molecule has 29 heavy (non-hydrogen) atoms. The van der Waals surface area contributed by atoms with Crippen molar-refractivity contribution >= 4 is 28.5 Å². The molecular weight excluding hydrogens is 388 g/mol. The summed E-state index contributed by atoms with van der Waals surface area (Å²) in [5, 5.41) is 12.2. The molecule has 2 aromatic heterocycles. The Morgan fingerprint density at radius 3 is 2.76 bits per heavy atom. The second-order valence-corrected chi connectivity index (χ2v) is 7.25. The average molecular weight is 409 g/mol. The van der Waals surface area contributed by atoms with Crippen LogP contribution in [0.15, 0.2) is 48.5 Å². The second kappa shape index (κ2) is 8.05. The van der Waals surface area contributed by atoms with Gasteiger partial charge in [0.2, 0.25) is 0 Å². The third-order valence-electron chi connectivity index (χ3n) is 4.73. The maximum absolute atomic E-state index is 12.5. The number of aromatic nitrogens is 5. The molecule has 0 saturated heterocycles. The van der Waals surface area contributed by atoms with Crippen LogP contribution in [0.2, 0.25) is 5.02 Å². The van der Waals surface area contributed by atoms with E-state index in [1.165, 1.54) is 4.80 Å². The summed E-state index contributed by atoms with van der Waals surface area (Å²) >= 11 is 6.02. The monoisotopic (exact) mass is 408 g/mol. The van der Waals surface area contributed by atoms with Gasteiger partial charge in [0.05, 0.1) is 22.4 Å². The maximum Gasteiger partial charge on any atom is 0.273 e. The Morgan fingerprint density at radius 2 is 1.93 bits per heavy atom. The van der Waals surface area contributed by atoms with E-state index in [-0.39, 0.29) is 5.91 Å². The van der Waals surface area contributed by atoms with Gasteiger partial charge in [-0.15, -0.1) is 5.10 Å². The molecule has 4 aromatic rings. The quantitative estimate of drug-likeness (QED) is 0.493. The number of nitrogens with one attached hydrogen (secondary N) is 1. The van der Waals surface area contributed by atoms with Crippen LogP contribution >= 0.6 is 11.6 Å². The molecule has 4 rings (SSSR count). The van der Waals surface area contributed by atoms with Crippen molar-refractivity contribution in [2.75, 3.05) is 6.54 Å². The summed E-state index contributed by atoms with van der Waals surface area (Å²) in [5.41, 5.74) is 3.69. The zero-order valence-electron chi connectivity index (χ0n) is 16.3. The number of hydrogen-bond donors (Lipinski definition) is 1. The van der Waals surface area contributed by atoms with E-state index in [2.05, 4.69) is 31.1 Å². The van der Waals surface area contributed by atoms with E-state index in [0.29, 0.717) is 28.6 Å². The number of rotatable bonds is 6. The van der Waals surface area contributed by atoms with Gasteiger partial charge in [0.25, 0.3) is 5.91 Å². The molecule has 2 heterocycles. The van der Waals surface area contributed by atoms with Gasteiger partial charge in [0.15, 0.2) is 5.69 Å². The molecule has 7 nitrogen and oxygen atoms in total. The summed E-state index contributed by atoms with van der Waals surface area (Å²) in [6.07, 6.45) is 0.786. The summed E-state index contributed by atoms with van der Waals surface area (Å²) in [6.45, 7) is 5.08. The molecule has 0 bridgehead atoms. The fourth-order valence-electron chi connectivity index (χ4n) is 3.31. The molecule has 0 radical (unpaired) electrons. The van der Waals surface area contributed by atoms with E-state index in [0.717, 1.165) is 29.8 Å². The SMILES string of the molecule is Cc1nn(-c2cccc(Cl)c2)nc1C(=O)NCCCn1c(C)nc2ccccc21. The second-order valence-electron chi connectivity index (χ2n) is 6.81. The largest absolute Gasteiger partial charge is 0.351 e. The lowest BCUT2D eigenvalue weighted by molar-refractivity contribution is 0.0946. The molecule has 0 aliphatic carbocycles. The van der Waals surface area contributed by atoms with Crippen LogP contribution in [0.3, 0.4) is 0 Å². The van der Waals surface area contributed by atoms with Crippen LogP contribution in [0.5, 0.6) is 0 Å². The fourth-order valence-corrected chi connectivity index (χ4v) is 3.49. The Kier molecular flexibility index (Phi) is 5.31. The van der Waals surface area contributed by atoms with Gasteiger partial charge in [-0.2, -0.15) is 9.90 Å². The third kappa shape index (κ3) is 4.00. The standard InChI is InChI=1S/C21H21ClN6O/c1-14-20(26-28(25-14)17-8-5-7-16(22)13-17)21(29)23-11-6-12-27-15(2)24-18-9-3-4-10-19(18)27/h3-5,7-10,13H,6,11-12H2,1-2H3,(H,23,29). The minimum Gasteiger partial charge on any atom is -0.351 e. The minimum atomic E-state index is -0.233. The van der Waals surface area contributed by atoms with E-state index in [1.807, 2.05) is 37.3 Å². The molecule has 0 atom stereocenters. The van der Waals surface area contributed by atoms with Crippen molar-refractivity contribution in [3.05, 3.63) is 70.8 Å². The van der Waals surface area contributed by atoms with Gasteiger partial charge < -0.3 is 9.88 Å². The number of para-hydroxylation sites is 2. The highest BCUT2D eigenvalue weighted by molar-refractivity contribution is 6.30. The number of carbonyl (C=O) groups is 1. The molecule has 148 valence electrons. The van der Waals surface area contributed by atoms with Gasteiger partial charge in [-0.25, -0.2) is 4.98 Å². The van der Waals surface area contributed by atoms with Crippen LogP contribution in [0.1, 0.15) is 28.4 Å². The number of carbonyl (C=O) groups excluding carboxylic acids is 1. The first kappa shape index (κ1) is 19.1. The predicted molar refractivity (Wildman–Crippen MR) is 113 cm³/mol. The Balaban J connectivity index is 1.38. The Bertz CT molecular complexity index is 1180. The molecule has 8 heteroatoms. The molecule has 0 aliphatic rings. The van der Waals surface area contributed by atoms with Crippen LogP contribution in [-0.4, -0.2) is 37.0 Å². The lowest BCUT2D eigenvalue weighted by atomic mass is 10.3. The Labute approximate surface area is 173 Å². The zero-order chi connectivity index (χ0) is 20.4. The van der Waals surface area contributed by atoms with Crippen LogP contribution in [0.25, 0.3) is 16.7 Å². The van der Waals surface area contributed by atoms with Gasteiger partial charge in [-0.05, 0) is 50.6 Å². The number of fused-ring (bicyclic) bond motifs is 1. The molecule has 0 unspecified atom stereocenters. The summed E-state index contributed by atoms with van der Waals surface area (Å²) < 4.78 is 2.17. The van der Waals surface area contributed by atoms with E-state index in [4.69, 9.17) is 11.6 Å². The van der Waals surface area contributed by atoms with E-state index in [1.54, 1.807) is 19.1 Å². The van der Waals surface area contributed by atoms with Gasteiger partial charge >= 0.3 is 0 Å². The number of benzene rings is 2. The van der Waals surface area contributed by atoms with Crippen LogP contribution < -0.4 is 5.32 Å². The predicted octanol–water partition coefficient (Wildman–Crippen LogP) is 3.71. The van der Waals surface area contributed by atoms with Crippen molar-refractivity contribution in [2.45, 2.75) is 26.8 Å². The van der Waals surface area contributed by atoms with Crippen LogP contribution in [-0.2, 0) is 6.54 Å². The summed E-state index contributed by atoms with van der Waals surface area (Å²) in [4.78, 5) is 18.5. The first-order valence-corrected chi connectivity index (χ1v) is 9.80. The highest BCUT2D eigenvalue weighted by Gasteiger charge is 2.16. The third-order valence-corrected chi connectivity index (χ3v) is 4.96. The first-order valence-electron chi connectivity index (χ1n) is 9.43. The Hall–Kier alpha value is -3.19. The number of nitrogens with zero attached hydrogens (tertiary/aromatic N) is 5. The molecule has 1 N–H and O–H groups in total. The average Bonchev–Trinajstić information content (AvgIpc) is 3.25. The number of halogens is 1. The van der Waals surface area contributed by atoms with Gasteiger partial charge in [0, 0.05) is 18.1 Å². The van der Waals surface area contributed by atoms with Crippen LogP contribution in [0, 0.1) is 13.8 Å². The van der Waals surface area contributed by atoms with Gasteiger partial charge in [-0.1, -0.05) is 29.8 Å².